The van der Waals surface area contributed by atoms with Gasteiger partial charge in [-0.1, -0.05) is 60.7 Å². The van der Waals surface area contributed by atoms with Crippen molar-refractivity contribution in [2.24, 2.45) is 0 Å². The van der Waals surface area contributed by atoms with Crippen molar-refractivity contribution >= 4 is 10.8 Å². The highest BCUT2D eigenvalue weighted by Gasteiger charge is 2.25. The van der Waals surface area contributed by atoms with E-state index in [0.717, 1.165) is 12.2 Å². The van der Waals surface area contributed by atoms with Crippen LogP contribution in [0.25, 0.3) is 10.8 Å². The Labute approximate surface area is 112 Å². The zero-order valence-corrected chi connectivity index (χ0v) is 10.5. The van der Waals surface area contributed by atoms with Gasteiger partial charge in [0, 0.05) is 12.0 Å². The molecule has 0 fully saturated rings. The standard InChI is InChI=1S/C18H14O/c1-2-7-14(8-3-1)18-12-16-15-9-5-4-6-13(15)10-11-17(16)19-18/h1-11,18H,12H2. The molecule has 1 aliphatic heterocycles. The first-order valence-corrected chi connectivity index (χ1v) is 6.64. The van der Waals surface area contributed by atoms with Gasteiger partial charge in [0.25, 0.3) is 0 Å². The van der Waals surface area contributed by atoms with Crippen LogP contribution in [0.5, 0.6) is 5.75 Å². The maximum atomic E-state index is 6.10. The van der Waals surface area contributed by atoms with Crippen LogP contribution in [0.4, 0.5) is 0 Å². The molecule has 0 N–H and O–H groups in total. The second kappa shape index (κ2) is 4.13. The first kappa shape index (κ1) is 10.6. The fourth-order valence-electron chi connectivity index (χ4n) is 2.87. The van der Waals surface area contributed by atoms with Crippen molar-refractivity contribution in [3.05, 3.63) is 77.9 Å². The predicted octanol–water partition coefficient (Wildman–Crippen LogP) is 4.52. The van der Waals surface area contributed by atoms with Crippen molar-refractivity contribution in [2.75, 3.05) is 0 Å². The van der Waals surface area contributed by atoms with E-state index in [-0.39, 0.29) is 6.10 Å². The highest BCUT2D eigenvalue weighted by molar-refractivity contribution is 5.88. The van der Waals surface area contributed by atoms with Gasteiger partial charge in [-0.15, -0.1) is 0 Å². The quantitative estimate of drug-likeness (QED) is 0.613. The Balaban J connectivity index is 1.80. The molecule has 3 aromatic carbocycles. The lowest BCUT2D eigenvalue weighted by atomic mass is 9.98. The molecule has 0 saturated carbocycles. The summed E-state index contributed by atoms with van der Waals surface area (Å²) in [4.78, 5) is 0. The molecule has 1 heterocycles. The Bertz CT molecular complexity index is 731. The van der Waals surface area contributed by atoms with Gasteiger partial charge in [-0.25, -0.2) is 0 Å². The molecule has 19 heavy (non-hydrogen) atoms. The zero-order valence-electron chi connectivity index (χ0n) is 10.5. The predicted molar refractivity (Wildman–Crippen MR) is 77.5 cm³/mol. The summed E-state index contributed by atoms with van der Waals surface area (Å²) in [5, 5.41) is 2.61. The molecule has 92 valence electrons. The summed E-state index contributed by atoms with van der Waals surface area (Å²) in [6.45, 7) is 0. The van der Waals surface area contributed by atoms with E-state index in [1.807, 2.05) is 6.07 Å². The van der Waals surface area contributed by atoms with Gasteiger partial charge < -0.3 is 4.74 Å². The molecule has 0 bridgehead atoms. The van der Waals surface area contributed by atoms with E-state index in [2.05, 4.69) is 60.7 Å². The molecule has 4 rings (SSSR count). The molecule has 1 unspecified atom stereocenters. The second-order valence-electron chi connectivity index (χ2n) is 4.98. The normalized spacial score (nSPS) is 17.2. The van der Waals surface area contributed by atoms with Crippen molar-refractivity contribution in [3.8, 4) is 5.75 Å². The van der Waals surface area contributed by atoms with Gasteiger partial charge in [-0.05, 0) is 22.4 Å². The van der Waals surface area contributed by atoms with E-state index >= 15 is 0 Å². The van der Waals surface area contributed by atoms with Gasteiger partial charge in [-0.2, -0.15) is 0 Å². The number of rotatable bonds is 1. The van der Waals surface area contributed by atoms with Gasteiger partial charge in [0.1, 0.15) is 11.9 Å². The number of hydrogen-bond donors (Lipinski definition) is 0. The van der Waals surface area contributed by atoms with Crippen LogP contribution in [-0.4, -0.2) is 0 Å². The van der Waals surface area contributed by atoms with Gasteiger partial charge >= 0.3 is 0 Å². The summed E-state index contributed by atoms with van der Waals surface area (Å²) in [6, 6.07) is 23.2. The molecule has 1 atom stereocenters. The average molecular weight is 246 g/mol. The minimum absolute atomic E-state index is 0.155. The SMILES string of the molecule is c1ccc(C2Cc3c(ccc4ccccc34)O2)cc1. The largest absolute Gasteiger partial charge is 0.485 e. The van der Waals surface area contributed by atoms with Crippen LogP contribution in [0.2, 0.25) is 0 Å². The van der Waals surface area contributed by atoms with Crippen LogP contribution in [0.3, 0.4) is 0 Å². The number of hydrogen-bond acceptors (Lipinski definition) is 1. The lowest BCUT2D eigenvalue weighted by Gasteiger charge is -2.10. The van der Waals surface area contributed by atoms with Crippen molar-refractivity contribution in [2.45, 2.75) is 12.5 Å². The van der Waals surface area contributed by atoms with Gasteiger partial charge in [0.2, 0.25) is 0 Å². The third-order valence-electron chi connectivity index (χ3n) is 3.83. The summed E-state index contributed by atoms with van der Waals surface area (Å²) in [5.74, 6) is 1.03. The monoisotopic (exact) mass is 246 g/mol. The average Bonchev–Trinajstić information content (AvgIpc) is 2.93. The molecule has 0 amide bonds. The van der Waals surface area contributed by atoms with E-state index in [1.165, 1.54) is 21.9 Å². The minimum atomic E-state index is 0.155. The number of ether oxygens (including phenoxy) is 1. The summed E-state index contributed by atoms with van der Waals surface area (Å²) in [7, 11) is 0. The van der Waals surface area contributed by atoms with Gasteiger partial charge in [0.05, 0.1) is 0 Å². The van der Waals surface area contributed by atoms with Crippen LogP contribution < -0.4 is 4.74 Å². The van der Waals surface area contributed by atoms with Gasteiger partial charge in [-0.3, -0.25) is 0 Å². The highest BCUT2D eigenvalue weighted by atomic mass is 16.5. The Hall–Kier alpha value is -2.28. The minimum Gasteiger partial charge on any atom is -0.485 e. The molecule has 1 aliphatic rings. The zero-order chi connectivity index (χ0) is 12.7. The molecular formula is C18H14O. The van der Waals surface area contributed by atoms with E-state index in [4.69, 9.17) is 4.74 Å². The summed E-state index contributed by atoms with van der Waals surface area (Å²) in [6.07, 6.45) is 1.11. The van der Waals surface area contributed by atoms with Crippen LogP contribution >= 0.6 is 0 Å². The molecule has 0 saturated heterocycles. The number of benzene rings is 3. The molecule has 1 heteroatoms. The lowest BCUT2D eigenvalue weighted by molar-refractivity contribution is 0.239. The van der Waals surface area contributed by atoms with Crippen molar-refractivity contribution in [1.29, 1.82) is 0 Å². The van der Waals surface area contributed by atoms with Crippen molar-refractivity contribution < 1.29 is 4.74 Å². The molecule has 0 aromatic heterocycles. The summed E-state index contributed by atoms with van der Waals surface area (Å²) < 4.78 is 6.10. The summed E-state index contributed by atoms with van der Waals surface area (Å²) in [5.41, 5.74) is 2.59. The molecule has 0 radical (unpaired) electrons. The Morgan fingerprint density at radius 1 is 0.789 bits per heavy atom. The Kier molecular flexibility index (Phi) is 2.31. The van der Waals surface area contributed by atoms with E-state index in [1.54, 1.807) is 0 Å². The molecule has 0 aliphatic carbocycles. The second-order valence-corrected chi connectivity index (χ2v) is 4.98. The third kappa shape index (κ3) is 1.70. The highest BCUT2D eigenvalue weighted by Crippen LogP contribution is 2.40. The summed E-state index contributed by atoms with van der Waals surface area (Å²) >= 11 is 0. The van der Waals surface area contributed by atoms with Crippen LogP contribution in [0, 0.1) is 0 Å². The molecule has 0 spiro atoms. The smallest absolute Gasteiger partial charge is 0.128 e. The van der Waals surface area contributed by atoms with Crippen molar-refractivity contribution in [3.63, 3.8) is 0 Å². The molecule has 3 aromatic rings. The fourth-order valence-corrected chi connectivity index (χ4v) is 2.87. The van der Waals surface area contributed by atoms with Crippen LogP contribution in [0.15, 0.2) is 66.7 Å². The Morgan fingerprint density at radius 2 is 1.58 bits per heavy atom. The Morgan fingerprint density at radius 3 is 2.47 bits per heavy atom. The molecular weight excluding hydrogens is 232 g/mol. The first-order valence-electron chi connectivity index (χ1n) is 6.64. The maximum Gasteiger partial charge on any atom is 0.128 e. The fraction of sp³-hybridized carbons (Fsp3) is 0.111. The van der Waals surface area contributed by atoms with Crippen molar-refractivity contribution in [1.82, 2.24) is 0 Å². The third-order valence-corrected chi connectivity index (χ3v) is 3.83. The van der Waals surface area contributed by atoms with E-state index in [9.17, 15) is 0 Å². The lowest BCUT2D eigenvalue weighted by Crippen LogP contribution is -2.02. The van der Waals surface area contributed by atoms with E-state index in [0.29, 0.717) is 0 Å². The van der Waals surface area contributed by atoms with E-state index < -0.39 is 0 Å². The first-order chi connectivity index (χ1) is 9.42. The number of fused-ring (bicyclic) bond motifs is 3. The van der Waals surface area contributed by atoms with Crippen LogP contribution in [0.1, 0.15) is 17.2 Å². The topological polar surface area (TPSA) is 9.23 Å². The molecule has 1 nitrogen and oxygen atoms in total. The van der Waals surface area contributed by atoms with Gasteiger partial charge in [0.15, 0.2) is 0 Å². The van der Waals surface area contributed by atoms with Crippen LogP contribution in [-0.2, 0) is 6.42 Å². The maximum absolute atomic E-state index is 6.10.